The third-order valence-electron chi connectivity index (χ3n) is 4.92. The molecule has 1 saturated carbocycles. The van der Waals surface area contributed by atoms with Crippen LogP contribution in [0.15, 0.2) is 0 Å². The highest BCUT2D eigenvalue weighted by molar-refractivity contribution is 4.96. The third-order valence-corrected chi connectivity index (χ3v) is 4.92. The molecular weight excluding hydrogens is 230 g/mol. The Morgan fingerprint density at radius 2 is 1.94 bits per heavy atom. The van der Waals surface area contributed by atoms with E-state index in [2.05, 4.69) is 32.7 Å². The molecule has 4 nitrogen and oxygen atoms in total. The number of nitrogens with zero attached hydrogens (tertiary/aromatic N) is 1. The molecule has 2 unspecified atom stereocenters. The number of rotatable bonds is 3. The largest absolute Gasteiger partial charge is 0.391 e. The van der Waals surface area contributed by atoms with E-state index in [0.717, 1.165) is 25.7 Å². The lowest BCUT2D eigenvalue weighted by Crippen LogP contribution is -2.57. The molecule has 2 atom stereocenters. The van der Waals surface area contributed by atoms with Gasteiger partial charge in [0, 0.05) is 24.4 Å². The lowest BCUT2D eigenvalue weighted by molar-refractivity contribution is -0.208. The molecule has 1 heterocycles. The molecule has 0 aromatic carbocycles. The van der Waals surface area contributed by atoms with Crippen molar-refractivity contribution in [1.82, 2.24) is 4.90 Å². The van der Waals surface area contributed by atoms with Crippen LogP contribution in [-0.2, 0) is 9.47 Å². The molecule has 1 N–H and O–H groups in total. The minimum atomic E-state index is -0.429. The summed E-state index contributed by atoms with van der Waals surface area (Å²) in [6, 6.07) is 0.117. The summed E-state index contributed by atoms with van der Waals surface area (Å²) in [5.74, 6) is -0.429. The molecule has 18 heavy (non-hydrogen) atoms. The van der Waals surface area contributed by atoms with Crippen molar-refractivity contribution in [1.29, 1.82) is 0 Å². The van der Waals surface area contributed by atoms with E-state index in [1.807, 2.05) is 0 Å². The van der Waals surface area contributed by atoms with Crippen LogP contribution in [0.25, 0.3) is 0 Å². The maximum atomic E-state index is 10.3. The fourth-order valence-corrected chi connectivity index (χ4v) is 2.97. The van der Waals surface area contributed by atoms with Gasteiger partial charge in [0.15, 0.2) is 5.79 Å². The van der Waals surface area contributed by atoms with Crippen LogP contribution in [0.3, 0.4) is 0 Å². The molecule has 106 valence electrons. The Bertz CT molecular complexity index is 287. The van der Waals surface area contributed by atoms with Gasteiger partial charge in [-0.25, -0.2) is 0 Å². The standard InChI is InChI=1S/C14H27NO3/c1-5-13(2,3)15(4)11-10-14(7-6-12(11)16)17-8-9-18-14/h11-12,16H,5-10H2,1-4H3. The zero-order valence-corrected chi connectivity index (χ0v) is 12.1. The van der Waals surface area contributed by atoms with Crippen LogP contribution in [0, 0.1) is 0 Å². The monoisotopic (exact) mass is 257 g/mol. The lowest BCUT2D eigenvalue weighted by Gasteiger charge is -2.48. The van der Waals surface area contributed by atoms with Gasteiger partial charge in [-0.3, -0.25) is 4.90 Å². The number of hydrogen-bond donors (Lipinski definition) is 1. The Kier molecular flexibility index (Phi) is 4.02. The smallest absolute Gasteiger partial charge is 0.170 e. The minimum Gasteiger partial charge on any atom is -0.391 e. The van der Waals surface area contributed by atoms with Crippen molar-refractivity contribution in [2.45, 2.75) is 69.9 Å². The first-order chi connectivity index (χ1) is 8.40. The highest BCUT2D eigenvalue weighted by atomic mass is 16.7. The van der Waals surface area contributed by atoms with Crippen LogP contribution in [0.1, 0.15) is 46.5 Å². The molecule has 1 aliphatic heterocycles. The lowest BCUT2D eigenvalue weighted by atomic mass is 9.84. The maximum Gasteiger partial charge on any atom is 0.170 e. The number of aliphatic hydroxyl groups excluding tert-OH is 1. The molecule has 1 spiro atoms. The summed E-state index contributed by atoms with van der Waals surface area (Å²) in [7, 11) is 2.10. The minimum absolute atomic E-state index is 0.0861. The van der Waals surface area contributed by atoms with E-state index in [4.69, 9.17) is 9.47 Å². The van der Waals surface area contributed by atoms with E-state index in [1.165, 1.54) is 0 Å². The Labute approximate surface area is 110 Å². The predicted molar refractivity (Wildman–Crippen MR) is 70.4 cm³/mol. The van der Waals surface area contributed by atoms with Gasteiger partial charge in [0.1, 0.15) is 0 Å². The van der Waals surface area contributed by atoms with Gasteiger partial charge in [-0.2, -0.15) is 0 Å². The first-order valence-corrected chi connectivity index (χ1v) is 7.09. The number of hydrogen-bond acceptors (Lipinski definition) is 4. The summed E-state index contributed by atoms with van der Waals surface area (Å²) >= 11 is 0. The van der Waals surface area contributed by atoms with E-state index in [0.29, 0.717) is 13.2 Å². The summed E-state index contributed by atoms with van der Waals surface area (Å²) in [5, 5.41) is 10.3. The van der Waals surface area contributed by atoms with E-state index < -0.39 is 5.79 Å². The van der Waals surface area contributed by atoms with Crippen molar-refractivity contribution >= 4 is 0 Å². The molecule has 1 aliphatic carbocycles. The van der Waals surface area contributed by atoms with Crippen molar-refractivity contribution in [2.24, 2.45) is 0 Å². The normalized spacial score (nSPS) is 32.3. The number of likely N-dealkylation sites (N-methyl/N-ethyl adjacent to an activating group) is 1. The van der Waals surface area contributed by atoms with Gasteiger partial charge in [-0.05, 0) is 33.7 Å². The maximum absolute atomic E-state index is 10.3. The molecule has 0 radical (unpaired) electrons. The molecule has 2 rings (SSSR count). The average Bonchev–Trinajstić information content (AvgIpc) is 2.80. The highest BCUT2D eigenvalue weighted by Gasteiger charge is 2.47. The van der Waals surface area contributed by atoms with Crippen LogP contribution >= 0.6 is 0 Å². The summed E-state index contributed by atoms with van der Waals surface area (Å²) < 4.78 is 11.6. The van der Waals surface area contributed by atoms with Gasteiger partial charge < -0.3 is 14.6 Å². The molecule has 4 heteroatoms. The van der Waals surface area contributed by atoms with Crippen molar-refractivity contribution in [3.05, 3.63) is 0 Å². The molecule has 2 fully saturated rings. The van der Waals surface area contributed by atoms with Crippen LogP contribution in [0.4, 0.5) is 0 Å². The predicted octanol–water partition coefficient (Wildman–Crippen LogP) is 1.76. The van der Waals surface area contributed by atoms with Crippen molar-refractivity contribution in [3.8, 4) is 0 Å². The number of aliphatic hydroxyl groups is 1. The van der Waals surface area contributed by atoms with Gasteiger partial charge in [0.2, 0.25) is 0 Å². The van der Waals surface area contributed by atoms with Gasteiger partial charge >= 0.3 is 0 Å². The first kappa shape index (κ1) is 14.3. The molecule has 2 aliphatic rings. The van der Waals surface area contributed by atoms with Crippen molar-refractivity contribution in [3.63, 3.8) is 0 Å². The molecule has 0 bridgehead atoms. The first-order valence-electron chi connectivity index (χ1n) is 7.09. The van der Waals surface area contributed by atoms with E-state index in [-0.39, 0.29) is 17.7 Å². The van der Waals surface area contributed by atoms with Crippen molar-refractivity contribution < 1.29 is 14.6 Å². The molecule has 0 amide bonds. The fraction of sp³-hybridized carbons (Fsp3) is 1.00. The molecular formula is C14H27NO3. The third kappa shape index (κ3) is 2.57. The quantitative estimate of drug-likeness (QED) is 0.836. The Morgan fingerprint density at radius 3 is 2.50 bits per heavy atom. The van der Waals surface area contributed by atoms with Gasteiger partial charge in [-0.1, -0.05) is 6.92 Å². The Hall–Kier alpha value is -0.160. The molecule has 0 aromatic rings. The van der Waals surface area contributed by atoms with Crippen LogP contribution in [-0.4, -0.2) is 53.7 Å². The summed E-state index contributed by atoms with van der Waals surface area (Å²) in [6.45, 7) is 7.99. The summed E-state index contributed by atoms with van der Waals surface area (Å²) in [4.78, 5) is 2.30. The topological polar surface area (TPSA) is 41.9 Å². The van der Waals surface area contributed by atoms with E-state index in [9.17, 15) is 5.11 Å². The molecule has 1 saturated heterocycles. The average molecular weight is 257 g/mol. The SMILES string of the molecule is CCC(C)(C)N(C)C1CC2(CCC1O)OCCO2. The van der Waals surface area contributed by atoms with E-state index in [1.54, 1.807) is 0 Å². The van der Waals surface area contributed by atoms with Crippen LogP contribution in [0.5, 0.6) is 0 Å². The number of ether oxygens (including phenoxy) is 2. The Morgan fingerprint density at radius 1 is 1.33 bits per heavy atom. The van der Waals surface area contributed by atoms with Crippen LogP contribution < -0.4 is 0 Å². The zero-order valence-electron chi connectivity index (χ0n) is 12.1. The van der Waals surface area contributed by atoms with E-state index >= 15 is 0 Å². The fourth-order valence-electron chi connectivity index (χ4n) is 2.97. The second kappa shape index (κ2) is 5.08. The second-order valence-electron chi connectivity index (χ2n) is 6.26. The molecule has 0 aromatic heterocycles. The Balaban J connectivity index is 2.10. The van der Waals surface area contributed by atoms with Gasteiger partial charge in [0.05, 0.1) is 19.3 Å². The second-order valence-corrected chi connectivity index (χ2v) is 6.26. The summed E-state index contributed by atoms with van der Waals surface area (Å²) in [5.41, 5.74) is 0.0861. The highest BCUT2D eigenvalue weighted by Crippen LogP contribution is 2.39. The summed E-state index contributed by atoms with van der Waals surface area (Å²) in [6.07, 6.45) is 3.12. The zero-order chi connectivity index (χ0) is 13.4. The van der Waals surface area contributed by atoms with Crippen molar-refractivity contribution in [2.75, 3.05) is 20.3 Å². The van der Waals surface area contributed by atoms with Gasteiger partial charge in [-0.15, -0.1) is 0 Å². The van der Waals surface area contributed by atoms with Gasteiger partial charge in [0.25, 0.3) is 0 Å². The van der Waals surface area contributed by atoms with Crippen LogP contribution in [0.2, 0.25) is 0 Å².